The van der Waals surface area contributed by atoms with Gasteiger partial charge in [0.2, 0.25) is 0 Å². The smallest absolute Gasteiger partial charge is 0.0299 e. The van der Waals surface area contributed by atoms with E-state index in [0.29, 0.717) is 6.04 Å². The van der Waals surface area contributed by atoms with Crippen molar-refractivity contribution in [3.63, 3.8) is 0 Å². The molecule has 1 aromatic rings. The molecule has 102 valence electrons. The lowest BCUT2D eigenvalue weighted by atomic mass is 10.1. The Labute approximate surface area is 111 Å². The first-order valence-corrected chi connectivity index (χ1v) is 6.85. The molecule has 18 heavy (non-hydrogen) atoms. The summed E-state index contributed by atoms with van der Waals surface area (Å²) in [7, 11) is 0. The van der Waals surface area contributed by atoms with Gasteiger partial charge >= 0.3 is 0 Å². The van der Waals surface area contributed by atoms with E-state index in [9.17, 15) is 0 Å². The molecule has 0 fully saturated rings. The maximum Gasteiger partial charge on any atom is 0.0299 e. The predicted octanol–water partition coefficient (Wildman–Crippen LogP) is 2.38. The Kier molecular flexibility index (Phi) is 6.30. The molecular formula is C15H27N3. The fraction of sp³-hybridized carbons (Fsp3) is 0.667. The molecule has 0 amide bonds. The number of hydrogen-bond acceptors (Lipinski definition) is 3. The van der Waals surface area contributed by atoms with Gasteiger partial charge in [-0.05, 0) is 58.7 Å². The number of aryl methyl sites for hydroxylation is 1. The molecule has 0 saturated carbocycles. The second-order valence-corrected chi connectivity index (χ2v) is 5.95. The van der Waals surface area contributed by atoms with Crippen LogP contribution >= 0.6 is 0 Å². The van der Waals surface area contributed by atoms with Crippen molar-refractivity contribution in [3.8, 4) is 0 Å². The van der Waals surface area contributed by atoms with Crippen molar-refractivity contribution >= 4 is 0 Å². The van der Waals surface area contributed by atoms with Crippen molar-refractivity contribution in [3.05, 3.63) is 30.1 Å². The van der Waals surface area contributed by atoms with Gasteiger partial charge in [0.05, 0.1) is 0 Å². The molecule has 1 rings (SSSR count). The Morgan fingerprint density at radius 1 is 1.33 bits per heavy atom. The minimum absolute atomic E-state index is 0.200. The Morgan fingerprint density at radius 3 is 2.72 bits per heavy atom. The van der Waals surface area contributed by atoms with Gasteiger partial charge in [-0.2, -0.15) is 0 Å². The van der Waals surface area contributed by atoms with Crippen LogP contribution in [0.5, 0.6) is 0 Å². The molecule has 0 bridgehead atoms. The van der Waals surface area contributed by atoms with Crippen molar-refractivity contribution < 1.29 is 0 Å². The van der Waals surface area contributed by atoms with Crippen LogP contribution in [0, 0.1) is 0 Å². The van der Waals surface area contributed by atoms with E-state index in [0.717, 1.165) is 25.9 Å². The maximum atomic E-state index is 4.12. The van der Waals surface area contributed by atoms with Crippen molar-refractivity contribution in [1.29, 1.82) is 0 Å². The number of pyridine rings is 1. The van der Waals surface area contributed by atoms with E-state index in [1.807, 2.05) is 18.5 Å². The summed E-state index contributed by atoms with van der Waals surface area (Å²) in [6.07, 6.45) is 6.03. The lowest BCUT2D eigenvalue weighted by Gasteiger charge is -2.24. The third-order valence-electron chi connectivity index (χ3n) is 2.80. The van der Waals surface area contributed by atoms with Gasteiger partial charge < -0.3 is 10.6 Å². The predicted molar refractivity (Wildman–Crippen MR) is 77.8 cm³/mol. The second-order valence-electron chi connectivity index (χ2n) is 5.95. The van der Waals surface area contributed by atoms with Crippen LogP contribution in [0.2, 0.25) is 0 Å². The summed E-state index contributed by atoms with van der Waals surface area (Å²) in [4.78, 5) is 4.12. The monoisotopic (exact) mass is 249 g/mol. The molecule has 0 aromatic carbocycles. The van der Waals surface area contributed by atoms with Crippen LogP contribution in [0.1, 0.15) is 39.7 Å². The van der Waals surface area contributed by atoms with Gasteiger partial charge in [-0.3, -0.25) is 4.98 Å². The van der Waals surface area contributed by atoms with Gasteiger partial charge in [0.1, 0.15) is 0 Å². The summed E-state index contributed by atoms with van der Waals surface area (Å²) >= 11 is 0. The highest BCUT2D eigenvalue weighted by Gasteiger charge is 2.10. The number of rotatable bonds is 7. The Balaban J connectivity index is 2.07. The first kappa shape index (κ1) is 15.1. The van der Waals surface area contributed by atoms with E-state index in [1.54, 1.807) is 0 Å². The van der Waals surface area contributed by atoms with Crippen LogP contribution in [0.25, 0.3) is 0 Å². The summed E-state index contributed by atoms with van der Waals surface area (Å²) in [6, 6.07) is 4.65. The minimum Gasteiger partial charge on any atom is -0.313 e. The van der Waals surface area contributed by atoms with Crippen LogP contribution in [0.4, 0.5) is 0 Å². The molecule has 2 N–H and O–H groups in total. The van der Waals surface area contributed by atoms with Crippen molar-refractivity contribution in [2.45, 2.75) is 52.1 Å². The Hall–Kier alpha value is -0.930. The van der Waals surface area contributed by atoms with E-state index in [-0.39, 0.29) is 5.54 Å². The van der Waals surface area contributed by atoms with Crippen molar-refractivity contribution in [2.24, 2.45) is 0 Å². The molecular weight excluding hydrogens is 222 g/mol. The first-order valence-electron chi connectivity index (χ1n) is 6.85. The van der Waals surface area contributed by atoms with Crippen LogP contribution in [0.3, 0.4) is 0 Å². The molecule has 3 nitrogen and oxygen atoms in total. The summed E-state index contributed by atoms with van der Waals surface area (Å²) in [5, 5.41) is 7.05. The molecule has 3 heteroatoms. The van der Waals surface area contributed by atoms with Crippen LogP contribution in [-0.2, 0) is 6.42 Å². The Bertz CT molecular complexity index is 316. The minimum atomic E-state index is 0.200. The van der Waals surface area contributed by atoms with Crippen molar-refractivity contribution in [1.82, 2.24) is 15.6 Å². The first-order chi connectivity index (χ1) is 8.47. The third kappa shape index (κ3) is 7.41. The molecule has 0 radical (unpaired) electrons. The van der Waals surface area contributed by atoms with Crippen LogP contribution < -0.4 is 10.6 Å². The zero-order valence-corrected chi connectivity index (χ0v) is 12.2. The summed E-state index contributed by atoms with van der Waals surface area (Å²) in [6.45, 7) is 10.9. The second kappa shape index (κ2) is 7.49. The zero-order valence-electron chi connectivity index (χ0n) is 12.2. The van der Waals surface area contributed by atoms with Gasteiger partial charge in [0, 0.05) is 30.5 Å². The van der Waals surface area contributed by atoms with Crippen LogP contribution in [0.15, 0.2) is 24.5 Å². The lowest BCUT2D eigenvalue weighted by molar-refractivity contribution is 0.387. The number of nitrogens with zero attached hydrogens (tertiary/aromatic N) is 1. The highest BCUT2D eigenvalue weighted by Crippen LogP contribution is 2.00. The normalized spacial score (nSPS) is 13.6. The molecule has 1 unspecified atom stereocenters. The number of nitrogens with one attached hydrogen (secondary N) is 2. The molecule has 0 spiro atoms. The summed E-state index contributed by atoms with van der Waals surface area (Å²) in [5.74, 6) is 0. The van der Waals surface area contributed by atoms with Crippen LogP contribution in [-0.4, -0.2) is 29.7 Å². The SMILES string of the molecule is CC(CNC(C)(C)C)NCCCc1cccnc1. The molecule has 1 aromatic heterocycles. The maximum absolute atomic E-state index is 4.12. The van der Waals surface area contributed by atoms with Gasteiger partial charge in [-0.25, -0.2) is 0 Å². The quantitative estimate of drug-likeness (QED) is 0.729. The summed E-state index contributed by atoms with van der Waals surface area (Å²) in [5.41, 5.74) is 1.52. The number of aromatic nitrogens is 1. The van der Waals surface area contributed by atoms with Gasteiger partial charge in [-0.15, -0.1) is 0 Å². The third-order valence-corrected chi connectivity index (χ3v) is 2.80. The summed E-state index contributed by atoms with van der Waals surface area (Å²) < 4.78 is 0. The van der Waals surface area contributed by atoms with E-state index < -0.39 is 0 Å². The van der Waals surface area contributed by atoms with Gasteiger partial charge in [0.25, 0.3) is 0 Å². The largest absolute Gasteiger partial charge is 0.313 e. The van der Waals surface area contributed by atoms with E-state index in [2.05, 4.69) is 49.4 Å². The van der Waals surface area contributed by atoms with Crippen molar-refractivity contribution in [2.75, 3.05) is 13.1 Å². The zero-order chi connectivity index (χ0) is 13.4. The van der Waals surface area contributed by atoms with Gasteiger partial charge in [-0.1, -0.05) is 6.07 Å². The average molecular weight is 249 g/mol. The topological polar surface area (TPSA) is 37.0 Å². The molecule has 1 heterocycles. The molecule has 0 aliphatic rings. The highest BCUT2D eigenvalue weighted by atomic mass is 15.0. The standard InChI is InChI=1S/C15H27N3/c1-13(11-18-15(2,3)4)17-10-6-8-14-7-5-9-16-12-14/h5,7,9,12-13,17-18H,6,8,10-11H2,1-4H3. The molecule has 1 atom stereocenters. The highest BCUT2D eigenvalue weighted by molar-refractivity contribution is 5.08. The van der Waals surface area contributed by atoms with Gasteiger partial charge in [0.15, 0.2) is 0 Å². The van der Waals surface area contributed by atoms with E-state index in [4.69, 9.17) is 0 Å². The fourth-order valence-corrected chi connectivity index (χ4v) is 1.72. The molecule has 0 saturated heterocycles. The Morgan fingerprint density at radius 2 is 2.11 bits per heavy atom. The lowest BCUT2D eigenvalue weighted by Crippen LogP contribution is -2.44. The fourth-order valence-electron chi connectivity index (χ4n) is 1.72. The molecule has 0 aliphatic heterocycles. The van der Waals surface area contributed by atoms with E-state index in [1.165, 1.54) is 5.56 Å². The number of hydrogen-bond donors (Lipinski definition) is 2. The average Bonchev–Trinajstić information content (AvgIpc) is 2.33. The van der Waals surface area contributed by atoms with E-state index >= 15 is 0 Å². The molecule has 0 aliphatic carbocycles.